The molecule has 1 aliphatic heterocycles. The van der Waals surface area contributed by atoms with Crippen LogP contribution in [0.4, 0.5) is 0 Å². The van der Waals surface area contributed by atoms with E-state index < -0.39 is 65.6 Å². The van der Waals surface area contributed by atoms with E-state index >= 15 is 0 Å². The molecule has 0 bridgehead atoms. The molecule has 47 heavy (non-hydrogen) atoms. The standard InChI is InChI=1S/C37H50O10/c1-15-16(2)18(4)26-25(17(15)3)30(38)27-19(5)23-22(47-35-33(43-11)37(9,45-13)32(42-10)21(7)46-35)14-36(8,41)29(34(40)44-12)24(23)20(6)28(27)31(26)39/h21-22,27-29,32-33,35,41H,14H2,1-13H3. The minimum Gasteiger partial charge on any atom is -0.468 e. The smallest absolute Gasteiger partial charge is 0.316 e. The molecule has 10 atom stereocenters. The first-order valence-electron chi connectivity index (χ1n) is 16.3. The third kappa shape index (κ3) is 5.01. The summed E-state index contributed by atoms with van der Waals surface area (Å²) in [6.45, 7) is 16.7. The van der Waals surface area contributed by atoms with Crippen LogP contribution in [0.5, 0.6) is 0 Å². The van der Waals surface area contributed by atoms with Crippen molar-refractivity contribution >= 4 is 17.5 Å². The molecule has 0 aromatic heterocycles. The predicted octanol–water partition coefficient (Wildman–Crippen LogP) is 4.69. The van der Waals surface area contributed by atoms with Crippen LogP contribution in [0.2, 0.25) is 0 Å². The highest BCUT2D eigenvalue weighted by atomic mass is 16.7. The molecule has 10 unspecified atom stereocenters. The molecule has 1 aromatic carbocycles. The normalized spacial score (nSPS) is 37.1. The number of methoxy groups -OCH3 is 4. The van der Waals surface area contributed by atoms with E-state index in [9.17, 15) is 19.5 Å². The molecule has 1 saturated carbocycles. The van der Waals surface area contributed by atoms with Crippen molar-refractivity contribution in [1.29, 1.82) is 0 Å². The molecular weight excluding hydrogens is 604 g/mol. The number of ether oxygens (including phenoxy) is 6. The Morgan fingerprint density at radius 2 is 1.28 bits per heavy atom. The highest BCUT2D eigenvalue weighted by molar-refractivity contribution is 6.20. The summed E-state index contributed by atoms with van der Waals surface area (Å²) >= 11 is 0. The number of fused-ring (bicyclic) bond motifs is 3. The van der Waals surface area contributed by atoms with Crippen LogP contribution < -0.4 is 0 Å². The first-order valence-corrected chi connectivity index (χ1v) is 16.3. The highest BCUT2D eigenvalue weighted by Crippen LogP contribution is 2.55. The van der Waals surface area contributed by atoms with E-state index in [2.05, 4.69) is 0 Å². The Balaban J connectivity index is 1.73. The Hall–Kier alpha value is -2.73. The van der Waals surface area contributed by atoms with Crippen molar-refractivity contribution in [2.75, 3.05) is 28.4 Å². The van der Waals surface area contributed by atoms with Gasteiger partial charge in [-0.25, -0.2) is 0 Å². The molecule has 10 nitrogen and oxygen atoms in total. The number of ketones is 2. The maximum absolute atomic E-state index is 14.6. The predicted molar refractivity (Wildman–Crippen MR) is 173 cm³/mol. The van der Waals surface area contributed by atoms with Gasteiger partial charge in [-0.3, -0.25) is 14.4 Å². The van der Waals surface area contributed by atoms with Crippen LogP contribution in [0.15, 0.2) is 22.3 Å². The van der Waals surface area contributed by atoms with Crippen molar-refractivity contribution in [1.82, 2.24) is 0 Å². The lowest BCUT2D eigenvalue weighted by molar-refractivity contribution is -0.341. The van der Waals surface area contributed by atoms with Crippen LogP contribution in [-0.4, -0.2) is 93.0 Å². The third-order valence-electron chi connectivity index (χ3n) is 11.8. The van der Waals surface area contributed by atoms with E-state index in [-0.39, 0.29) is 18.0 Å². The van der Waals surface area contributed by atoms with Crippen molar-refractivity contribution in [2.24, 2.45) is 17.8 Å². The summed E-state index contributed by atoms with van der Waals surface area (Å²) in [6.07, 6.45) is -3.49. The van der Waals surface area contributed by atoms with Crippen LogP contribution in [0.25, 0.3) is 0 Å². The summed E-state index contributed by atoms with van der Waals surface area (Å²) in [5.41, 5.74) is 4.13. The number of carbonyl (C=O) groups is 3. The number of aliphatic hydroxyl groups is 1. The lowest BCUT2D eigenvalue weighted by Gasteiger charge is -2.53. The topological polar surface area (TPSA) is 127 Å². The molecule has 0 radical (unpaired) electrons. The van der Waals surface area contributed by atoms with Crippen LogP contribution in [0, 0.1) is 45.4 Å². The first kappa shape index (κ1) is 35.6. The van der Waals surface area contributed by atoms with Gasteiger partial charge in [-0.2, -0.15) is 0 Å². The van der Waals surface area contributed by atoms with Gasteiger partial charge in [0.2, 0.25) is 0 Å². The minimum atomic E-state index is -1.63. The number of Topliss-reactive ketones (excluding diaryl/α,β-unsaturated/α-hetero) is 2. The maximum atomic E-state index is 14.6. The van der Waals surface area contributed by atoms with Crippen molar-refractivity contribution in [3.8, 4) is 0 Å². The molecule has 1 heterocycles. The van der Waals surface area contributed by atoms with Crippen LogP contribution in [-0.2, 0) is 33.2 Å². The monoisotopic (exact) mass is 654 g/mol. The molecule has 1 N–H and O–H groups in total. The van der Waals surface area contributed by atoms with E-state index in [1.165, 1.54) is 14.2 Å². The van der Waals surface area contributed by atoms with Gasteiger partial charge in [0.05, 0.1) is 36.8 Å². The van der Waals surface area contributed by atoms with Crippen molar-refractivity contribution in [3.05, 3.63) is 55.7 Å². The molecule has 10 heteroatoms. The van der Waals surface area contributed by atoms with Gasteiger partial charge in [-0.05, 0) is 95.7 Å². The first-order chi connectivity index (χ1) is 21.9. The lowest BCUT2D eigenvalue weighted by Crippen LogP contribution is -2.67. The second kappa shape index (κ2) is 12.3. The number of hydrogen-bond donors (Lipinski definition) is 1. The summed E-state index contributed by atoms with van der Waals surface area (Å²) < 4.78 is 36.0. The minimum absolute atomic E-state index is 0.00908. The Morgan fingerprint density at radius 3 is 1.72 bits per heavy atom. The van der Waals surface area contributed by atoms with Gasteiger partial charge in [0.15, 0.2) is 17.9 Å². The van der Waals surface area contributed by atoms with E-state index in [1.54, 1.807) is 28.1 Å². The number of benzene rings is 1. The molecule has 1 saturated heterocycles. The molecule has 1 aromatic rings. The fourth-order valence-corrected chi connectivity index (χ4v) is 9.04. The quantitative estimate of drug-likeness (QED) is 0.432. The van der Waals surface area contributed by atoms with Crippen molar-refractivity contribution in [3.63, 3.8) is 0 Å². The van der Waals surface area contributed by atoms with E-state index in [1.807, 2.05) is 48.5 Å². The van der Waals surface area contributed by atoms with Crippen LogP contribution in [0.3, 0.4) is 0 Å². The van der Waals surface area contributed by atoms with Crippen molar-refractivity contribution < 1.29 is 47.9 Å². The van der Waals surface area contributed by atoms with Gasteiger partial charge in [0.1, 0.15) is 23.7 Å². The molecule has 0 amide bonds. The lowest BCUT2D eigenvalue weighted by atomic mass is 9.56. The zero-order valence-electron chi connectivity index (χ0n) is 29.9. The van der Waals surface area contributed by atoms with Crippen LogP contribution >= 0.6 is 0 Å². The summed E-state index contributed by atoms with van der Waals surface area (Å²) in [4.78, 5) is 42.7. The Morgan fingerprint density at radius 1 is 0.787 bits per heavy atom. The molecule has 0 spiro atoms. The Kier molecular flexibility index (Phi) is 9.31. The van der Waals surface area contributed by atoms with Gasteiger partial charge in [0.25, 0.3) is 0 Å². The third-order valence-corrected chi connectivity index (χ3v) is 11.8. The van der Waals surface area contributed by atoms with E-state index in [0.717, 1.165) is 22.3 Å². The summed E-state index contributed by atoms with van der Waals surface area (Å²) in [5, 5.41) is 12.0. The number of hydrogen-bond acceptors (Lipinski definition) is 10. The van der Waals surface area contributed by atoms with E-state index in [0.29, 0.717) is 33.4 Å². The molecular formula is C37H50O10. The van der Waals surface area contributed by atoms with Gasteiger partial charge in [0, 0.05) is 38.9 Å². The molecule has 4 aliphatic rings. The largest absolute Gasteiger partial charge is 0.468 e. The van der Waals surface area contributed by atoms with Gasteiger partial charge < -0.3 is 33.5 Å². The SMILES string of the molecule is COC(=O)C1C2=C(C)C3C(=O)c4c(C)c(C)c(C)c(C)c4C(=O)C3C(C)=C2C(OC2OC(C)C(OC)C(C)(OC)C2OC)CC1(C)O. The second-order valence-corrected chi connectivity index (χ2v) is 14.2. The zero-order chi connectivity index (χ0) is 35.1. The molecule has 3 aliphatic carbocycles. The number of rotatable bonds is 6. The zero-order valence-corrected chi connectivity index (χ0v) is 29.9. The van der Waals surface area contributed by atoms with E-state index in [4.69, 9.17) is 28.4 Å². The summed E-state index contributed by atoms with van der Waals surface area (Å²) in [5.74, 6) is -3.67. The fraction of sp³-hybridized carbons (Fsp3) is 0.649. The summed E-state index contributed by atoms with van der Waals surface area (Å²) in [6, 6.07) is 0. The number of esters is 1. The average molecular weight is 655 g/mol. The fourth-order valence-electron chi connectivity index (χ4n) is 9.04. The van der Waals surface area contributed by atoms with Gasteiger partial charge in [-0.15, -0.1) is 0 Å². The van der Waals surface area contributed by atoms with Gasteiger partial charge >= 0.3 is 5.97 Å². The Labute approximate surface area is 277 Å². The molecule has 5 rings (SSSR count). The molecule has 258 valence electrons. The Bertz CT molecular complexity index is 1580. The number of allylic oxidation sites excluding steroid dienone is 2. The second-order valence-electron chi connectivity index (χ2n) is 14.2. The number of carbonyl (C=O) groups excluding carboxylic acids is 3. The van der Waals surface area contributed by atoms with Gasteiger partial charge in [-0.1, -0.05) is 11.1 Å². The average Bonchev–Trinajstić information content (AvgIpc) is 3.01. The summed E-state index contributed by atoms with van der Waals surface area (Å²) in [7, 11) is 5.98. The molecule has 2 fully saturated rings. The van der Waals surface area contributed by atoms with Crippen LogP contribution in [0.1, 0.15) is 84.0 Å². The van der Waals surface area contributed by atoms with Crippen molar-refractivity contribution in [2.45, 2.75) is 111 Å². The highest BCUT2D eigenvalue weighted by Gasteiger charge is 2.59. The maximum Gasteiger partial charge on any atom is 0.316 e.